The Labute approximate surface area is 159 Å². The molecule has 2 aromatic rings. The average molecular weight is 374 g/mol. The SMILES string of the molecule is Cl.NCC1CCCC1NC(=O)c1ccccc1NC(=O)c1ccccc1. The van der Waals surface area contributed by atoms with Crippen LogP contribution in [0, 0.1) is 5.92 Å². The lowest BCUT2D eigenvalue weighted by molar-refractivity contribution is 0.0929. The summed E-state index contributed by atoms with van der Waals surface area (Å²) in [5.41, 5.74) is 7.32. The van der Waals surface area contributed by atoms with E-state index in [1.807, 2.05) is 6.07 Å². The highest BCUT2D eigenvalue weighted by Gasteiger charge is 2.28. The molecule has 4 N–H and O–H groups in total. The summed E-state index contributed by atoms with van der Waals surface area (Å²) in [4.78, 5) is 25.1. The standard InChI is InChI=1S/C20H23N3O2.ClH/c21-13-15-9-6-12-17(15)22-20(25)16-10-4-5-11-18(16)23-19(24)14-7-2-1-3-8-14;/h1-5,7-8,10-11,15,17H,6,9,12-13,21H2,(H,22,25)(H,23,24);1H. The maximum Gasteiger partial charge on any atom is 0.255 e. The molecule has 0 radical (unpaired) electrons. The van der Waals surface area contributed by atoms with Crippen molar-refractivity contribution >= 4 is 29.9 Å². The van der Waals surface area contributed by atoms with Gasteiger partial charge in [-0.25, -0.2) is 0 Å². The number of hydrogen-bond acceptors (Lipinski definition) is 3. The number of halogens is 1. The summed E-state index contributed by atoms with van der Waals surface area (Å²) in [6.45, 7) is 0.581. The Morgan fingerprint density at radius 2 is 1.65 bits per heavy atom. The molecular weight excluding hydrogens is 350 g/mol. The number of carbonyl (C=O) groups excluding carboxylic acids is 2. The molecule has 1 aliphatic rings. The summed E-state index contributed by atoms with van der Waals surface area (Å²) in [6.07, 6.45) is 3.08. The van der Waals surface area contributed by atoms with E-state index in [2.05, 4.69) is 10.6 Å². The summed E-state index contributed by atoms with van der Waals surface area (Å²) in [7, 11) is 0. The van der Waals surface area contributed by atoms with Gasteiger partial charge < -0.3 is 16.4 Å². The fraction of sp³-hybridized carbons (Fsp3) is 0.300. The lowest BCUT2D eigenvalue weighted by atomic mass is 10.0. The summed E-state index contributed by atoms with van der Waals surface area (Å²) in [5.74, 6) is -0.0779. The van der Waals surface area contributed by atoms with Gasteiger partial charge in [0.2, 0.25) is 0 Å². The van der Waals surface area contributed by atoms with Crippen molar-refractivity contribution in [3.8, 4) is 0 Å². The zero-order valence-electron chi connectivity index (χ0n) is 14.5. The molecule has 2 amide bonds. The molecule has 0 aromatic heterocycles. The van der Waals surface area contributed by atoms with E-state index in [1.54, 1.807) is 48.5 Å². The molecule has 5 nitrogen and oxygen atoms in total. The molecule has 2 atom stereocenters. The van der Waals surface area contributed by atoms with Crippen LogP contribution in [-0.4, -0.2) is 24.4 Å². The molecule has 1 saturated carbocycles. The highest BCUT2D eigenvalue weighted by Crippen LogP contribution is 2.25. The summed E-state index contributed by atoms with van der Waals surface area (Å²) < 4.78 is 0. The molecule has 0 heterocycles. The monoisotopic (exact) mass is 373 g/mol. The molecule has 1 fully saturated rings. The third-order valence-electron chi connectivity index (χ3n) is 4.73. The van der Waals surface area contributed by atoms with Crippen molar-refractivity contribution < 1.29 is 9.59 Å². The van der Waals surface area contributed by atoms with Gasteiger partial charge in [-0.1, -0.05) is 36.8 Å². The quantitative estimate of drug-likeness (QED) is 0.752. The van der Waals surface area contributed by atoms with Gasteiger partial charge in [0.05, 0.1) is 11.3 Å². The lowest BCUT2D eigenvalue weighted by Crippen LogP contribution is -2.40. The second-order valence-electron chi connectivity index (χ2n) is 6.37. The van der Waals surface area contributed by atoms with Crippen molar-refractivity contribution in [2.45, 2.75) is 25.3 Å². The minimum atomic E-state index is -0.235. The van der Waals surface area contributed by atoms with E-state index in [-0.39, 0.29) is 30.3 Å². The first-order valence-corrected chi connectivity index (χ1v) is 8.65. The fourth-order valence-electron chi connectivity index (χ4n) is 3.33. The van der Waals surface area contributed by atoms with Gasteiger partial charge in [-0.15, -0.1) is 12.4 Å². The van der Waals surface area contributed by atoms with E-state index >= 15 is 0 Å². The number of nitrogens with two attached hydrogens (primary N) is 1. The van der Waals surface area contributed by atoms with Crippen LogP contribution in [0.25, 0.3) is 0 Å². The van der Waals surface area contributed by atoms with Crippen LogP contribution in [0.5, 0.6) is 0 Å². The lowest BCUT2D eigenvalue weighted by Gasteiger charge is -2.20. The molecule has 0 spiro atoms. The number of nitrogens with one attached hydrogen (secondary N) is 2. The van der Waals surface area contributed by atoms with E-state index in [9.17, 15) is 9.59 Å². The number of carbonyl (C=O) groups is 2. The average Bonchev–Trinajstić information content (AvgIpc) is 3.10. The number of para-hydroxylation sites is 1. The predicted octanol–water partition coefficient (Wildman–Crippen LogP) is 3.22. The fourth-order valence-corrected chi connectivity index (χ4v) is 3.33. The van der Waals surface area contributed by atoms with Crippen LogP contribution in [0.3, 0.4) is 0 Å². The molecule has 26 heavy (non-hydrogen) atoms. The minimum absolute atomic E-state index is 0. The van der Waals surface area contributed by atoms with E-state index in [0.717, 1.165) is 19.3 Å². The van der Waals surface area contributed by atoms with Crippen LogP contribution in [0.4, 0.5) is 5.69 Å². The number of benzene rings is 2. The molecule has 0 bridgehead atoms. The zero-order valence-corrected chi connectivity index (χ0v) is 15.3. The smallest absolute Gasteiger partial charge is 0.255 e. The Morgan fingerprint density at radius 1 is 0.962 bits per heavy atom. The van der Waals surface area contributed by atoms with Gasteiger partial charge in [0.1, 0.15) is 0 Å². The Kier molecular flexibility index (Phi) is 7.18. The van der Waals surface area contributed by atoms with Gasteiger partial charge in [-0.2, -0.15) is 0 Å². The summed E-state index contributed by atoms with van der Waals surface area (Å²) in [6, 6.07) is 16.1. The van der Waals surface area contributed by atoms with Crippen molar-refractivity contribution in [3.63, 3.8) is 0 Å². The van der Waals surface area contributed by atoms with Crippen molar-refractivity contribution in [2.75, 3.05) is 11.9 Å². The van der Waals surface area contributed by atoms with Gasteiger partial charge in [0.15, 0.2) is 0 Å². The molecule has 0 aliphatic heterocycles. The first-order valence-electron chi connectivity index (χ1n) is 8.65. The number of anilines is 1. The molecule has 2 aromatic carbocycles. The third-order valence-corrected chi connectivity index (χ3v) is 4.73. The van der Waals surface area contributed by atoms with Gasteiger partial charge in [-0.3, -0.25) is 9.59 Å². The molecular formula is C20H24ClN3O2. The molecule has 2 unspecified atom stereocenters. The van der Waals surface area contributed by atoms with Crippen LogP contribution < -0.4 is 16.4 Å². The maximum atomic E-state index is 12.7. The van der Waals surface area contributed by atoms with E-state index in [4.69, 9.17) is 5.73 Å². The highest BCUT2D eigenvalue weighted by atomic mass is 35.5. The van der Waals surface area contributed by atoms with Gasteiger partial charge in [-0.05, 0) is 49.6 Å². The molecule has 6 heteroatoms. The van der Waals surface area contributed by atoms with E-state index < -0.39 is 0 Å². The minimum Gasteiger partial charge on any atom is -0.349 e. The van der Waals surface area contributed by atoms with Crippen molar-refractivity contribution in [1.29, 1.82) is 0 Å². The summed E-state index contributed by atoms with van der Waals surface area (Å²) in [5, 5.41) is 5.91. The first kappa shape index (κ1) is 19.9. The Hall–Kier alpha value is -2.37. The maximum absolute atomic E-state index is 12.7. The number of amides is 2. The second kappa shape index (κ2) is 9.36. The molecule has 3 rings (SSSR count). The van der Waals surface area contributed by atoms with Crippen LogP contribution in [0.2, 0.25) is 0 Å². The Morgan fingerprint density at radius 3 is 2.38 bits per heavy atom. The van der Waals surface area contributed by atoms with E-state index in [0.29, 0.717) is 29.3 Å². The van der Waals surface area contributed by atoms with Crippen LogP contribution in [-0.2, 0) is 0 Å². The van der Waals surface area contributed by atoms with Crippen molar-refractivity contribution in [2.24, 2.45) is 11.7 Å². The zero-order chi connectivity index (χ0) is 17.6. The van der Waals surface area contributed by atoms with Gasteiger partial charge in [0, 0.05) is 11.6 Å². The normalized spacial score (nSPS) is 18.7. The molecule has 0 saturated heterocycles. The Bertz CT molecular complexity index is 752. The predicted molar refractivity (Wildman–Crippen MR) is 106 cm³/mol. The third kappa shape index (κ3) is 4.62. The summed E-state index contributed by atoms with van der Waals surface area (Å²) >= 11 is 0. The number of rotatable bonds is 5. The van der Waals surface area contributed by atoms with Crippen molar-refractivity contribution in [3.05, 3.63) is 65.7 Å². The van der Waals surface area contributed by atoms with Gasteiger partial charge in [0.25, 0.3) is 11.8 Å². The molecule has 1 aliphatic carbocycles. The van der Waals surface area contributed by atoms with Crippen LogP contribution in [0.1, 0.15) is 40.0 Å². The molecule has 138 valence electrons. The van der Waals surface area contributed by atoms with Crippen LogP contribution in [0.15, 0.2) is 54.6 Å². The highest BCUT2D eigenvalue weighted by molar-refractivity contribution is 6.09. The van der Waals surface area contributed by atoms with Crippen LogP contribution >= 0.6 is 12.4 Å². The topological polar surface area (TPSA) is 84.2 Å². The van der Waals surface area contributed by atoms with Gasteiger partial charge >= 0.3 is 0 Å². The largest absolute Gasteiger partial charge is 0.349 e. The second-order valence-corrected chi connectivity index (χ2v) is 6.37. The van der Waals surface area contributed by atoms with Crippen molar-refractivity contribution in [1.82, 2.24) is 5.32 Å². The first-order chi connectivity index (χ1) is 12.2. The van der Waals surface area contributed by atoms with E-state index in [1.165, 1.54) is 0 Å². The Balaban J connectivity index is 0.00000243. The number of hydrogen-bond donors (Lipinski definition) is 3.